The molecule has 20 heavy (non-hydrogen) atoms. The third-order valence-electron chi connectivity index (χ3n) is 3.37. The van der Waals surface area contributed by atoms with Crippen molar-refractivity contribution >= 4 is 5.97 Å². The van der Waals surface area contributed by atoms with Gasteiger partial charge in [0.2, 0.25) is 0 Å². The van der Waals surface area contributed by atoms with Crippen molar-refractivity contribution in [2.24, 2.45) is 0 Å². The third-order valence-corrected chi connectivity index (χ3v) is 3.37. The minimum atomic E-state index is -0.799. The second kappa shape index (κ2) is 5.49. The molecule has 0 bridgehead atoms. The zero-order valence-electron chi connectivity index (χ0n) is 12.2. The van der Waals surface area contributed by atoms with Crippen molar-refractivity contribution in [2.75, 3.05) is 0 Å². The molecule has 0 spiro atoms. The van der Waals surface area contributed by atoms with Crippen LogP contribution < -0.4 is 0 Å². The Balaban J connectivity index is 2.30. The van der Waals surface area contributed by atoms with Gasteiger partial charge in [-0.3, -0.25) is 4.79 Å². The molecule has 0 fully saturated rings. The fourth-order valence-electron chi connectivity index (χ4n) is 2.15. The van der Waals surface area contributed by atoms with Gasteiger partial charge in [0.05, 0.1) is 6.42 Å². The topological polar surface area (TPSA) is 37.3 Å². The molecular weight excluding hydrogens is 248 g/mol. The summed E-state index contributed by atoms with van der Waals surface area (Å²) < 4.78 is 0. The van der Waals surface area contributed by atoms with Crippen LogP contribution in [0.15, 0.2) is 48.5 Å². The van der Waals surface area contributed by atoms with E-state index < -0.39 is 5.97 Å². The van der Waals surface area contributed by atoms with E-state index in [9.17, 15) is 4.79 Å². The molecule has 2 aromatic carbocycles. The van der Waals surface area contributed by atoms with Crippen LogP contribution in [-0.2, 0) is 16.6 Å². The number of hydrogen-bond acceptors (Lipinski definition) is 1. The Morgan fingerprint density at radius 1 is 1.00 bits per heavy atom. The van der Waals surface area contributed by atoms with Crippen LogP contribution in [0.1, 0.15) is 31.9 Å². The van der Waals surface area contributed by atoms with E-state index in [0.29, 0.717) is 0 Å². The van der Waals surface area contributed by atoms with Crippen molar-refractivity contribution < 1.29 is 9.90 Å². The lowest BCUT2D eigenvalue weighted by atomic mass is 9.85. The summed E-state index contributed by atoms with van der Waals surface area (Å²) in [6, 6.07) is 16.2. The van der Waals surface area contributed by atoms with Gasteiger partial charge in [-0.1, -0.05) is 69.3 Å². The Hall–Kier alpha value is -2.09. The monoisotopic (exact) mass is 268 g/mol. The largest absolute Gasteiger partial charge is 0.481 e. The highest BCUT2D eigenvalue weighted by Gasteiger charge is 2.13. The molecule has 0 aliphatic heterocycles. The van der Waals surface area contributed by atoms with Gasteiger partial charge in [-0.15, -0.1) is 0 Å². The fraction of sp³-hybridized carbons (Fsp3) is 0.278. The maximum Gasteiger partial charge on any atom is 0.307 e. The van der Waals surface area contributed by atoms with E-state index in [0.717, 1.165) is 11.1 Å². The number of hydrogen-bond donors (Lipinski definition) is 1. The quantitative estimate of drug-likeness (QED) is 0.902. The number of carboxylic acid groups (broad SMARTS) is 1. The number of carboxylic acids is 1. The molecule has 0 saturated carbocycles. The van der Waals surface area contributed by atoms with Crippen LogP contribution in [-0.4, -0.2) is 11.1 Å². The van der Waals surface area contributed by atoms with Crippen molar-refractivity contribution in [3.8, 4) is 11.1 Å². The third kappa shape index (κ3) is 3.47. The molecule has 0 atom stereocenters. The maximum absolute atomic E-state index is 10.7. The first-order chi connectivity index (χ1) is 9.36. The van der Waals surface area contributed by atoms with Crippen LogP contribution in [0.5, 0.6) is 0 Å². The molecule has 1 N–H and O–H groups in total. The summed E-state index contributed by atoms with van der Waals surface area (Å²) in [6.07, 6.45) is 0.0717. The highest BCUT2D eigenvalue weighted by atomic mass is 16.4. The summed E-state index contributed by atoms with van der Waals surface area (Å²) in [5.41, 5.74) is 4.53. The predicted octanol–water partition coefficient (Wildman–Crippen LogP) is 4.28. The van der Waals surface area contributed by atoms with E-state index in [-0.39, 0.29) is 11.8 Å². The zero-order valence-corrected chi connectivity index (χ0v) is 12.2. The summed E-state index contributed by atoms with van der Waals surface area (Å²) in [5, 5.41) is 8.78. The van der Waals surface area contributed by atoms with Gasteiger partial charge in [0.1, 0.15) is 0 Å². The minimum Gasteiger partial charge on any atom is -0.481 e. The normalized spacial score (nSPS) is 11.3. The molecule has 0 unspecified atom stereocenters. The lowest BCUT2D eigenvalue weighted by Crippen LogP contribution is -2.10. The first kappa shape index (κ1) is 14.3. The van der Waals surface area contributed by atoms with Crippen molar-refractivity contribution in [1.82, 2.24) is 0 Å². The second-order valence-corrected chi connectivity index (χ2v) is 6.10. The average molecular weight is 268 g/mol. The number of rotatable bonds is 3. The average Bonchev–Trinajstić information content (AvgIpc) is 2.38. The second-order valence-electron chi connectivity index (χ2n) is 6.10. The molecular formula is C18H20O2. The molecule has 0 aromatic heterocycles. The van der Waals surface area contributed by atoms with Crippen LogP contribution in [0, 0.1) is 0 Å². The van der Waals surface area contributed by atoms with Crippen LogP contribution in [0.3, 0.4) is 0 Å². The molecule has 2 rings (SSSR count). The van der Waals surface area contributed by atoms with Gasteiger partial charge in [-0.2, -0.15) is 0 Å². The lowest BCUT2D eigenvalue weighted by Gasteiger charge is -2.19. The Labute approximate surface area is 120 Å². The fourth-order valence-corrected chi connectivity index (χ4v) is 2.15. The molecule has 0 amide bonds. The van der Waals surface area contributed by atoms with E-state index >= 15 is 0 Å². The van der Waals surface area contributed by atoms with E-state index in [2.05, 4.69) is 45.0 Å². The van der Waals surface area contributed by atoms with Crippen LogP contribution in [0.4, 0.5) is 0 Å². The Kier molecular flexibility index (Phi) is 3.93. The molecule has 104 valence electrons. The van der Waals surface area contributed by atoms with Crippen molar-refractivity contribution in [2.45, 2.75) is 32.6 Å². The van der Waals surface area contributed by atoms with E-state index in [1.54, 1.807) is 0 Å². The molecule has 0 aliphatic rings. The molecule has 0 heterocycles. The first-order valence-corrected chi connectivity index (χ1v) is 6.78. The Morgan fingerprint density at radius 2 is 1.65 bits per heavy atom. The van der Waals surface area contributed by atoms with Crippen LogP contribution in [0.2, 0.25) is 0 Å². The zero-order chi connectivity index (χ0) is 14.8. The van der Waals surface area contributed by atoms with E-state index in [1.807, 2.05) is 24.3 Å². The lowest BCUT2D eigenvalue weighted by molar-refractivity contribution is -0.136. The highest BCUT2D eigenvalue weighted by Crippen LogP contribution is 2.27. The summed E-state index contributed by atoms with van der Waals surface area (Å²) in [4.78, 5) is 10.7. The van der Waals surface area contributed by atoms with Gasteiger partial charge in [-0.25, -0.2) is 0 Å². The standard InChI is InChI=1S/C18H20O2/c1-18(2,3)16-6-4-5-15(12-16)14-9-7-13(8-10-14)11-17(19)20/h4-10,12H,11H2,1-3H3,(H,19,20). The SMILES string of the molecule is CC(C)(C)c1cccc(-c2ccc(CC(=O)O)cc2)c1. The van der Waals surface area contributed by atoms with Gasteiger partial charge in [0.25, 0.3) is 0 Å². The minimum absolute atomic E-state index is 0.0717. The van der Waals surface area contributed by atoms with Gasteiger partial charge >= 0.3 is 5.97 Å². The van der Waals surface area contributed by atoms with Crippen molar-refractivity contribution in [1.29, 1.82) is 0 Å². The van der Waals surface area contributed by atoms with Crippen LogP contribution >= 0.6 is 0 Å². The molecule has 0 saturated heterocycles. The Morgan fingerprint density at radius 3 is 2.20 bits per heavy atom. The van der Waals surface area contributed by atoms with Gasteiger partial charge < -0.3 is 5.11 Å². The van der Waals surface area contributed by atoms with Gasteiger partial charge in [-0.05, 0) is 27.7 Å². The predicted molar refractivity (Wildman–Crippen MR) is 81.9 cm³/mol. The Bertz CT molecular complexity index is 604. The highest BCUT2D eigenvalue weighted by molar-refractivity contribution is 5.71. The maximum atomic E-state index is 10.7. The summed E-state index contributed by atoms with van der Waals surface area (Å²) in [5.74, 6) is -0.799. The van der Waals surface area contributed by atoms with Gasteiger partial charge in [0, 0.05) is 0 Å². The molecule has 2 aromatic rings. The number of benzene rings is 2. The molecule has 0 radical (unpaired) electrons. The summed E-state index contributed by atoms with van der Waals surface area (Å²) in [7, 11) is 0. The number of aliphatic carboxylic acids is 1. The van der Waals surface area contributed by atoms with Crippen molar-refractivity contribution in [3.05, 3.63) is 59.7 Å². The van der Waals surface area contributed by atoms with E-state index in [4.69, 9.17) is 5.11 Å². The smallest absolute Gasteiger partial charge is 0.307 e. The molecule has 2 nitrogen and oxygen atoms in total. The van der Waals surface area contributed by atoms with Crippen molar-refractivity contribution in [3.63, 3.8) is 0 Å². The van der Waals surface area contributed by atoms with Crippen LogP contribution in [0.25, 0.3) is 11.1 Å². The van der Waals surface area contributed by atoms with E-state index in [1.165, 1.54) is 11.1 Å². The molecule has 2 heteroatoms. The van der Waals surface area contributed by atoms with Gasteiger partial charge in [0.15, 0.2) is 0 Å². The summed E-state index contributed by atoms with van der Waals surface area (Å²) in [6.45, 7) is 6.59. The first-order valence-electron chi connectivity index (χ1n) is 6.78. The summed E-state index contributed by atoms with van der Waals surface area (Å²) >= 11 is 0. The number of carbonyl (C=O) groups is 1. The molecule has 0 aliphatic carbocycles.